The summed E-state index contributed by atoms with van der Waals surface area (Å²) in [4.78, 5) is 4.41. The Morgan fingerprint density at radius 2 is 1.93 bits per heavy atom. The number of aromatic nitrogens is 1. The van der Waals surface area contributed by atoms with E-state index in [1.54, 1.807) is 30.5 Å². The number of benzene rings is 2. The zero-order chi connectivity index (χ0) is 19.0. The van der Waals surface area contributed by atoms with E-state index in [9.17, 15) is 8.42 Å². The first-order valence-electron chi connectivity index (χ1n) is 8.39. The molecule has 2 aromatic carbocycles. The van der Waals surface area contributed by atoms with Crippen molar-refractivity contribution in [2.24, 2.45) is 0 Å². The molecule has 1 N–H and O–H groups in total. The van der Waals surface area contributed by atoms with Gasteiger partial charge in [0, 0.05) is 16.5 Å². The van der Waals surface area contributed by atoms with Crippen molar-refractivity contribution in [1.29, 1.82) is 0 Å². The monoisotopic (exact) mass is 404 g/mol. The summed E-state index contributed by atoms with van der Waals surface area (Å²) >= 11 is 5.96. The van der Waals surface area contributed by atoms with E-state index in [1.165, 1.54) is 25.3 Å². The Bertz CT molecular complexity index is 1070. The summed E-state index contributed by atoms with van der Waals surface area (Å²) in [5.74, 6) is 2.19. The third kappa shape index (κ3) is 3.79. The van der Waals surface area contributed by atoms with Gasteiger partial charge < -0.3 is 9.15 Å². The second kappa shape index (κ2) is 6.90. The minimum absolute atomic E-state index is 0.121. The second-order valence-electron chi connectivity index (χ2n) is 6.31. The number of nitrogens with one attached hydrogen (secondary N) is 1. The lowest BCUT2D eigenvalue weighted by molar-refractivity contribution is 0.417. The first-order valence-corrected chi connectivity index (χ1v) is 10.2. The van der Waals surface area contributed by atoms with Gasteiger partial charge in [0.05, 0.1) is 23.9 Å². The van der Waals surface area contributed by atoms with Crippen LogP contribution in [-0.4, -0.2) is 20.5 Å². The largest absolute Gasteiger partial charge is 0.495 e. The van der Waals surface area contributed by atoms with Gasteiger partial charge >= 0.3 is 0 Å². The molecule has 3 aromatic rings. The van der Waals surface area contributed by atoms with Gasteiger partial charge in [0.15, 0.2) is 11.7 Å². The molecule has 1 saturated carbocycles. The van der Waals surface area contributed by atoms with E-state index in [0.29, 0.717) is 22.5 Å². The predicted molar refractivity (Wildman–Crippen MR) is 103 cm³/mol. The van der Waals surface area contributed by atoms with Crippen LogP contribution in [0.15, 0.2) is 58.0 Å². The average molecular weight is 405 g/mol. The summed E-state index contributed by atoms with van der Waals surface area (Å²) in [6, 6.07) is 11.2. The van der Waals surface area contributed by atoms with Crippen LogP contribution in [-0.2, 0) is 10.0 Å². The Morgan fingerprint density at radius 1 is 1.19 bits per heavy atom. The van der Waals surface area contributed by atoms with Crippen LogP contribution in [0.3, 0.4) is 0 Å². The average Bonchev–Trinajstić information content (AvgIpc) is 3.39. The number of sulfonamides is 1. The lowest BCUT2D eigenvalue weighted by atomic mass is 10.2. The van der Waals surface area contributed by atoms with Crippen molar-refractivity contribution < 1.29 is 17.6 Å². The maximum Gasteiger partial charge on any atom is 0.262 e. The van der Waals surface area contributed by atoms with Crippen LogP contribution in [0.5, 0.6) is 5.75 Å². The molecule has 0 radical (unpaired) electrons. The van der Waals surface area contributed by atoms with Crippen molar-refractivity contribution in [1.82, 2.24) is 4.98 Å². The third-order valence-electron chi connectivity index (χ3n) is 4.31. The lowest BCUT2D eigenvalue weighted by Crippen LogP contribution is -2.13. The number of ether oxygens (including phenoxy) is 1. The van der Waals surface area contributed by atoms with Crippen LogP contribution in [0.2, 0.25) is 5.02 Å². The molecule has 1 heterocycles. The van der Waals surface area contributed by atoms with E-state index in [0.717, 1.165) is 24.3 Å². The van der Waals surface area contributed by atoms with E-state index in [1.807, 2.05) is 0 Å². The van der Waals surface area contributed by atoms with Gasteiger partial charge in [0.25, 0.3) is 10.0 Å². The van der Waals surface area contributed by atoms with Crippen molar-refractivity contribution in [3.8, 4) is 17.1 Å². The molecular weight excluding hydrogens is 388 g/mol. The summed E-state index contributed by atoms with van der Waals surface area (Å²) in [6.45, 7) is 0. The van der Waals surface area contributed by atoms with Crippen molar-refractivity contribution >= 4 is 27.3 Å². The molecule has 0 unspecified atom stereocenters. The normalized spacial score (nSPS) is 14.1. The quantitative estimate of drug-likeness (QED) is 0.645. The highest BCUT2D eigenvalue weighted by Gasteiger charge is 2.28. The fraction of sp³-hybridized carbons (Fsp3) is 0.211. The van der Waals surface area contributed by atoms with E-state index in [2.05, 4.69) is 9.71 Å². The number of halogens is 1. The molecule has 0 spiro atoms. The number of anilines is 1. The van der Waals surface area contributed by atoms with Crippen LogP contribution in [0.25, 0.3) is 11.3 Å². The Morgan fingerprint density at radius 3 is 2.59 bits per heavy atom. The summed E-state index contributed by atoms with van der Waals surface area (Å²) < 4.78 is 38.8. The molecule has 1 aliphatic rings. The van der Waals surface area contributed by atoms with Crippen molar-refractivity contribution in [2.45, 2.75) is 23.7 Å². The fourth-order valence-corrected chi connectivity index (χ4v) is 3.94. The van der Waals surface area contributed by atoms with Crippen LogP contribution < -0.4 is 9.46 Å². The fourth-order valence-electron chi connectivity index (χ4n) is 2.70. The van der Waals surface area contributed by atoms with E-state index < -0.39 is 10.0 Å². The molecule has 1 aliphatic carbocycles. The number of oxazole rings is 1. The molecule has 1 aromatic heterocycles. The molecule has 6 nitrogen and oxygen atoms in total. The first-order chi connectivity index (χ1) is 13.0. The van der Waals surface area contributed by atoms with Gasteiger partial charge in [0.1, 0.15) is 5.75 Å². The lowest BCUT2D eigenvalue weighted by Gasteiger charge is -2.12. The summed E-state index contributed by atoms with van der Waals surface area (Å²) in [5.41, 5.74) is 1.05. The number of rotatable bonds is 6. The van der Waals surface area contributed by atoms with Crippen molar-refractivity contribution in [3.63, 3.8) is 0 Å². The van der Waals surface area contributed by atoms with E-state index in [-0.39, 0.29) is 10.6 Å². The van der Waals surface area contributed by atoms with Gasteiger partial charge in [-0.2, -0.15) is 0 Å². The number of hydrogen-bond donors (Lipinski definition) is 1. The number of nitrogens with zero attached hydrogens (tertiary/aromatic N) is 1. The van der Waals surface area contributed by atoms with Crippen molar-refractivity contribution in [2.75, 3.05) is 11.8 Å². The molecular formula is C19H17ClN2O4S. The van der Waals surface area contributed by atoms with Crippen LogP contribution >= 0.6 is 11.6 Å². The molecule has 140 valence electrons. The smallest absolute Gasteiger partial charge is 0.262 e. The van der Waals surface area contributed by atoms with E-state index >= 15 is 0 Å². The number of methoxy groups -OCH3 is 1. The maximum atomic E-state index is 12.7. The molecule has 1 fully saturated rings. The molecule has 0 aliphatic heterocycles. The van der Waals surface area contributed by atoms with Gasteiger partial charge in [-0.1, -0.05) is 11.6 Å². The molecule has 0 amide bonds. The van der Waals surface area contributed by atoms with Crippen LogP contribution in [0.4, 0.5) is 5.69 Å². The topological polar surface area (TPSA) is 81.4 Å². The third-order valence-corrected chi connectivity index (χ3v) is 5.92. The molecule has 8 heteroatoms. The van der Waals surface area contributed by atoms with Crippen molar-refractivity contribution in [3.05, 3.63) is 59.6 Å². The maximum absolute atomic E-state index is 12.7. The SMILES string of the molecule is COc1ccc(Cl)cc1NS(=O)(=O)c1ccc(-c2cnc(C3CC3)o2)cc1. The van der Waals surface area contributed by atoms with Gasteiger partial charge in [-0.3, -0.25) is 4.72 Å². The molecule has 27 heavy (non-hydrogen) atoms. The minimum atomic E-state index is -3.79. The van der Waals surface area contributed by atoms with E-state index in [4.69, 9.17) is 20.8 Å². The molecule has 0 saturated heterocycles. The second-order valence-corrected chi connectivity index (χ2v) is 8.43. The van der Waals surface area contributed by atoms with Gasteiger partial charge in [0.2, 0.25) is 0 Å². The van der Waals surface area contributed by atoms with Gasteiger partial charge in [-0.15, -0.1) is 0 Å². The molecule has 4 rings (SSSR count). The summed E-state index contributed by atoms with van der Waals surface area (Å²) in [7, 11) is -2.33. The van der Waals surface area contributed by atoms with Gasteiger partial charge in [-0.05, 0) is 55.3 Å². The molecule has 0 bridgehead atoms. The number of hydrogen-bond acceptors (Lipinski definition) is 5. The first kappa shape index (κ1) is 17.9. The zero-order valence-electron chi connectivity index (χ0n) is 14.5. The Labute approximate surface area is 162 Å². The van der Waals surface area contributed by atoms with Crippen LogP contribution in [0, 0.1) is 0 Å². The highest BCUT2D eigenvalue weighted by atomic mass is 35.5. The standard InChI is InChI=1S/C19H17ClN2O4S/c1-25-17-9-6-14(20)10-16(17)22-27(23,24)15-7-4-12(5-8-15)18-11-21-19(26-18)13-2-3-13/h4-11,13,22H,2-3H2,1H3. The Balaban J connectivity index is 1.57. The highest BCUT2D eigenvalue weighted by Crippen LogP contribution is 2.40. The summed E-state index contributed by atoms with van der Waals surface area (Å²) in [5, 5.41) is 0.403. The Kier molecular flexibility index (Phi) is 4.57. The minimum Gasteiger partial charge on any atom is -0.495 e. The Hall–Kier alpha value is -2.51. The highest BCUT2D eigenvalue weighted by molar-refractivity contribution is 7.92. The summed E-state index contributed by atoms with van der Waals surface area (Å²) in [6.07, 6.45) is 3.89. The van der Waals surface area contributed by atoms with Gasteiger partial charge in [-0.25, -0.2) is 13.4 Å². The van der Waals surface area contributed by atoms with Crippen LogP contribution in [0.1, 0.15) is 24.7 Å². The predicted octanol–water partition coefficient (Wildman–Crippen LogP) is 4.68. The molecule has 0 atom stereocenters. The zero-order valence-corrected chi connectivity index (χ0v) is 16.0.